The zero-order valence-corrected chi connectivity index (χ0v) is 14.1. The Balaban J connectivity index is 1.54. The second-order valence-electron chi connectivity index (χ2n) is 6.65. The third kappa shape index (κ3) is 3.38. The third-order valence-corrected chi connectivity index (χ3v) is 5.85. The van der Waals surface area contributed by atoms with E-state index in [1.54, 1.807) is 23.2 Å². The number of thiophene rings is 1. The van der Waals surface area contributed by atoms with Gasteiger partial charge in [0.1, 0.15) is 11.7 Å². The number of aliphatic hydroxyl groups excluding tert-OH is 1. The van der Waals surface area contributed by atoms with E-state index in [1.165, 1.54) is 0 Å². The SMILES string of the molecule is C[C@@]1(O)CCOC2(CCN(C(=O)NCc3cccs3)CC2)[C@H]1O. The van der Waals surface area contributed by atoms with Crippen LogP contribution in [-0.4, -0.2) is 58.1 Å². The van der Waals surface area contributed by atoms with E-state index in [-0.39, 0.29) is 6.03 Å². The quantitative estimate of drug-likeness (QED) is 0.758. The van der Waals surface area contributed by atoms with Gasteiger partial charge in [-0.15, -0.1) is 11.3 Å². The molecule has 0 saturated carbocycles. The minimum Gasteiger partial charge on any atom is -0.387 e. The molecule has 128 valence electrons. The molecule has 2 amide bonds. The second kappa shape index (κ2) is 6.39. The minimum atomic E-state index is -1.12. The van der Waals surface area contributed by atoms with Crippen LogP contribution >= 0.6 is 11.3 Å². The van der Waals surface area contributed by atoms with Crippen LogP contribution in [-0.2, 0) is 11.3 Å². The maximum atomic E-state index is 12.2. The number of aliphatic hydroxyl groups is 2. The van der Waals surface area contributed by atoms with Crippen LogP contribution in [0.2, 0.25) is 0 Å². The summed E-state index contributed by atoms with van der Waals surface area (Å²) in [6.45, 7) is 3.66. The molecule has 0 radical (unpaired) electrons. The van der Waals surface area contributed by atoms with Gasteiger partial charge in [-0.2, -0.15) is 0 Å². The van der Waals surface area contributed by atoms with E-state index < -0.39 is 17.3 Å². The molecule has 0 aliphatic carbocycles. The smallest absolute Gasteiger partial charge is 0.317 e. The van der Waals surface area contributed by atoms with Crippen LogP contribution in [0.5, 0.6) is 0 Å². The molecule has 23 heavy (non-hydrogen) atoms. The van der Waals surface area contributed by atoms with Crippen molar-refractivity contribution in [3.8, 4) is 0 Å². The van der Waals surface area contributed by atoms with Gasteiger partial charge in [-0.25, -0.2) is 4.79 Å². The Morgan fingerprint density at radius 1 is 1.48 bits per heavy atom. The molecule has 3 N–H and O–H groups in total. The number of ether oxygens (including phenoxy) is 1. The summed E-state index contributed by atoms with van der Waals surface area (Å²) >= 11 is 1.62. The maximum absolute atomic E-state index is 12.2. The summed E-state index contributed by atoms with van der Waals surface area (Å²) in [7, 11) is 0. The van der Waals surface area contributed by atoms with Gasteiger partial charge in [-0.1, -0.05) is 6.07 Å². The van der Waals surface area contributed by atoms with E-state index in [2.05, 4.69) is 5.32 Å². The van der Waals surface area contributed by atoms with E-state index >= 15 is 0 Å². The van der Waals surface area contributed by atoms with Crippen LogP contribution in [0.15, 0.2) is 17.5 Å². The highest BCUT2D eigenvalue weighted by Crippen LogP contribution is 2.39. The second-order valence-corrected chi connectivity index (χ2v) is 7.68. The molecule has 1 spiro atoms. The first-order chi connectivity index (χ1) is 10.9. The van der Waals surface area contributed by atoms with Crippen molar-refractivity contribution in [2.45, 2.75) is 50.0 Å². The van der Waals surface area contributed by atoms with Crippen LogP contribution < -0.4 is 5.32 Å². The predicted octanol–water partition coefficient (Wildman–Crippen LogP) is 1.32. The van der Waals surface area contributed by atoms with Gasteiger partial charge in [-0.3, -0.25) is 0 Å². The fourth-order valence-corrected chi connectivity index (χ4v) is 4.08. The number of carbonyl (C=O) groups is 1. The van der Waals surface area contributed by atoms with Crippen molar-refractivity contribution in [1.29, 1.82) is 0 Å². The highest BCUT2D eigenvalue weighted by molar-refractivity contribution is 7.09. The Morgan fingerprint density at radius 2 is 2.22 bits per heavy atom. The third-order valence-electron chi connectivity index (χ3n) is 4.98. The highest BCUT2D eigenvalue weighted by atomic mass is 32.1. The van der Waals surface area contributed by atoms with E-state index in [1.807, 2.05) is 17.5 Å². The van der Waals surface area contributed by atoms with Gasteiger partial charge in [0.25, 0.3) is 0 Å². The number of nitrogens with zero attached hydrogens (tertiary/aromatic N) is 1. The topological polar surface area (TPSA) is 82.0 Å². The van der Waals surface area contributed by atoms with E-state index in [9.17, 15) is 15.0 Å². The first-order valence-electron chi connectivity index (χ1n) is 8.03. The number of urea groups is 1. The Morgan fingerprint density at radius 3 is 2.87 bits per heavy atom. The molecular weight excluding hydrogens is 316 g/mol. The van der Waals surface area contributed by atoms with Crippen molar-refractivity contribution in [2.75, 3.05) is 19.7 Å². The molecule has 1 aromatic rings. The summed E-state index contributed by atoms with van der Waals surface area (Å²) in [5, 5.41) is 25.7. The van der Waals surface area contributed by atoms with Crippen LogP contribution in [0.1, 0.15) is 31.1 Å². The van der Waals surface area contributed by atoms with Gasteiger partial charge >= 0.3 is 6.03 Å². The van der Waals surface area contributed by atoms with Gasteiger partial charge in [0.05, 0.1) is 18.8 Å². The van der Waals surface area contributed by atoms with Crippen LogP contribution in [0.25, 0.3) is 0 Å². The Labute approximate surface area is 140 Å². The summed E-state index contributed by atoms with van der Waals surface area (Å²) in [6.07, 6.45) is 0.592. The normalized spacial score (nSPS) is 30.4. The number of hydrogen-bond acceptors (Lipinski definition) is 5. The fraction of sp³-hybridized carbons (Fsp3) is 0.688. The molecule has 6 nitrogen and oxygen atoms in total. The van der Waals surface area contributed by atoms with Gasteiger partial charge in [-0.05, 0) is 31.2 Å². The molecule has 7 heteroatoms. The Bertz CT molecular complexity index is 538. The summed E-state index contributed by atoms with van der Waals surface area (Å²) in [5.41, 5.74) is -1.85. The number of piperidine rings is 1. The molecule has 3 heterocycles. The number of nitrogens with one attached hydrogen (secondary N) is 1. The average molecular weight is 340 g/mol. The molecule has 2 atom stereocenters. The number of rotatable bonds is 2. The summed E-state index contributed by atoms with van der Waals surface area (Å²) in [5.74, 6) is 0. The first kappa shape index (κ1) is 16.7. The molecule has 2 saturated heterocycles. The first-order valence-corrected chi connectivity index (χ1v) is 8.90. The van der Waals surface area contributed by atoms with Crippen LogP contribution in [0.3, 0.4) is 0 Å². The van der Waals surface area contributed by atoms with E-state index in [4.69, 9.17) is 4.74 Å². The van der Waals surface area contributed by atoms with Crippen molar-refractivity contribution in [1.82, 2.24) is 10.2 Å². The summed E-state index contributed by atoms with van der Waals surface area (Å²) in [4.78, 5) is 15.1. The van der Waals surface area contributed by atoms with Crippen LogP contribution in [0.4, 0.5) is 4.79 Å². The van der Waals surface area contributed by atoms with Gasteiger partial charge in [0, 0.05) is 24.4 Å². The van der Waals surface area contributed by atoms with Crippen LogP contribution in [0, 0.1) is 0 Å². The highest BCUT2D eigenvalue weighted by Gasteiger charge is 2.52. The minimum absolute atomic E-state index is 0.0923. The number of likely N-dealkylation sites (tertiary alicyclic amines) is 1. The summed E-state index contributed by atoms with van der Waals surface area (Å²) in [6, 6.07) is 3.86. The average Bonchev–Trinajstić information content (AvgIpc) is 3.04. The zero-order chi connectivity index (χ0) is 16.5. The predicted molar refractivity (Wildman–Crippen MR) is 87.3 cm³/mol. The number of carbonyl (C=O) groups excluding carboxylic acids is 1. The van der Waals surface area contributed by atoms with Gasteiger partial charge in [0.2, 0.25) is 0 Å². The van der Waals surface area contributed by atoms with Crippen molar-refractivity contribution in [3.63, 3.8) is 0 Å². The largest absolute Gasteiger partial charge is 0.387 e. The molecule has 2 aliphatic rings. The Hall–Kier alpha value is -1.15. The van der Waals surface area contributed by atoms with Crippen molar-refractivity contribution >= 4 is 17.4 Å². The maximum Gasteiger partial charge on any atom is 0.317 e. The van der Waals surface area contributed by atoms with Gasteiger partial charge < -0.3 is 25.2 Å². The lowest BCUT2D eigenvalue weighted by atomic mass is 9.75. The lowest BCUT2D eigenvalue weighted by molar-refractivity contribution is -0.244. The summed E-state index contributed by atoms with van der Waals surface area (Å²) < 4.78 is 5.83. The molecular formula is C16H24N2O4S. The number of amides is 2. The molecule has 3 rings (SSSR count). The lowest BCUT2D eigenvalue weighted by Gasteiger charge is -2.51. The number of hydrogen-bond donors (Lipinski definition) is 3. The molecule has 2 fully saturated rings. The molecule has 0 aromatic carbocycles. The van der Waals surface area contributed by atoms with Crippen molar-refractivity contribution in [3.05, 3.63) is 22.4 Å². The van der Waals surface area contributed by atoms with E-state index in [0.717, 1.165) is 4.88 Å². The molecule has 0 bridgehead atoms. The molecule has 1 aromatic heterocycles. The lowest BCUT2D eigenvalue weighted by Crippen LogP contribution is -2.64. The fourth-order valence-electron chi connectivity index (χ4n) is 3.44. The van der Waals surface area contributed by atoms with Gasteiger partial charge in [0.15, 0.2) is 0 Å². The van der Waals surface area contributed by atoms with Crippen molar-refractivity contribution < 1.29 is 19.7 Å². The molecule has 0 unspecified atom stereocenters. The zero-order valence-electron chi connectivity index (χ0n) is 13.3. The van der Waals surface area contributed by atoms with Crippen molar-refractivity contribution in [2.24, 2.45) is 0 Å². The van der Waals surface area contributed by atoms with E-state index in [0.29, 0.717) is 45.5 Å². The monoisotopic (exact) mass is 340 g/mol. The standard InChI is InChI=1S/C16H24N2O4S/c1-15(21)6-9-22-16(13(15)19)4-7-18(8-5-16)14(20)17-11-12-3-2-10-23-12/h2-3,10,13,19,21H,4-9,11H2,1H3,(H,17,20)/t13-,15+/m0/s1. The molecule has 2 aliphatic heterocycles. The Kier molecular flexibility index (Phi) is 4.64.